The second-order valence-corrected chi connectivity index (χ2v) is 9.02. The first kappa shape index (κ1) is 22.8. The molecule has 2 aromatic carbocycles. The van der Waals surface area contributed by atoms with E-state index >= 15 is 0 Å². The topological polar surface area (TPSA) is 80.3 Å². The van der Waals surface area contributed by atoms with E-state index in [0.29, 0.717) is 12.2 Å². The van der Waals surface area contributed by atoms with Crippen molar-refractivity contribution in [2.75, 3.05) is 24.7 Å². The fourth-order valence-corrected chi connectivity index (χ4v) is 4.44. The highest BCUT2D eigenvalue weighted by Gasteiger charge is 2.10. The lowest BCUT2D eigenvalue weighted by atomic mass is 10.1. The lowest BCUT2D eigenvalue weighted by Crippen LogP contribution is -2.27. The minimum Gasteiger partial charge on any atom is -0.497 e. The van der Waals surface area contributed by atoms with E-state index in [0.717, 1.165) is 33.3 Å². The highest BCUT2D eigenvalue weighted by Crippen LogP contribution is 2.23. The fourth-order valence-electron chi connectivity index (χ4n) is 2.80. The van der Waals surface area contributed by atoms with Gasteiger partial charge in [0.05, 0.1) is 25.0 Å². The molecule has 3 rings (SSSR count). The Morgan fingerprint density at radius 1 is 1.13 bits per heavy atom. The number of carbonyl (C=O) groups is 2. The largest absolute Gasteiger partial charge is 0.497 e. The molecule has 0 aliphatic heterocycles. The van der Waals surface area contributed by atoms with Gasteiger partial charge in [-0.3, -0.25) is 9.59 Å². The number of hydrogen-bond donors (Lipinski definition) is 2. The van der Waals surface area contributed by atoms with Gasteiger partial charge in [0.25, 0.3) is 0 Å². The molecule has 0 bridgehead atoms. The maximum Gasteiger partial charge on any atom is 0.234 e. The van der Waals surface area contributed by atoms with E-state index in [9.17, 15) is 9.59 Å². The van der Waals surface area contributed by atoms with Gasteiger partial charge >= 0.3 is 0 Å². The molecule has 0 spiro atoms. The predicted molar refractivity (Wildman–Crippen MR) is 126 cm³/mol. The molecule has 0 radical (unpaired) electrons. The number of ether oxygens (including phenoxy) is 1. The van der Waals surface area contributed by atoms with Crippen molar-refractivity contribution in [1.82, 2.24) is 10.3 Å². The minimum atomic E-state index is -0.0825. The third kappa shape index (κ3) is 7.73. The standard InChI is InChI=1S/C23H25N3O3S2/c1-16-6-8-18(9-7-16)25-22(28)15-31-23-26-19(14-30-23)13-21(27)24-11-10-17-4-3-5-20(12-17)29-2/h3-9,12,14H,10-11,13,15H2,1-2H3,(H,24,27)(H,25,28). The summed E-state index contributed by atoms with van der Waals surface area (Å²) in [7, 11) is 1.64. The molecule has 0 saturated heterocycles. The zero-order valence-electron chi connectivity index (χ0n) is 17.5. The highest BCUT2D eigenvalue weighted by molar-refractivity contribution is 8.01. The zero-order valence-corrected chi connectivity index (χ0v) is 19.1. The van der Waals surface area contributed by atoms with Crippen molar-refractivity contribution in [3.05, 3.63) is 70.7 Å². The van der Waals surface area contributed by atoms with E-state index in [1.54, 1.807) is 7.11 Å². The number of thioether (sulfide) groups is 1. The zero-order chi connectivity index (χ0) is 22.1. The molecular formula is C23H25N3O3S2. The molecule has 0 aliphatic carbocycles. The van der Waals surface area contributed by atoms with E-state index in [2.05, 4.69) is 15.6 Å². The number of benzene rings is 2. The summed E-state index contributed by atoms with van der Waals surface area (Å²) in [5.74, 6) is 0.930. The Bertz CT molecular complexity index is 1020. The van der Waals surface area contributed by atoms with Gasteiger partial charge in [0.15, 0.2) is 4.34 Å². The van der Waals surface area contributed by atoms with Crippen LogP contribution in [0.25, 0.3) is 0 Å². The lowest BCUT2D eigenvalue weighted by molar-refractivity contribution is -0.120. The van der Waals surface area contributed by atoms with E-state index in [4.69, 9.17) is 4.74 Å². The quantitative estimate of drug-likeness (QED) is 0.450. The molecule has 8 heteroatoms. The maximum absolute atomic E-state index is 12.2. The number of carbonyl (C=O) groups excluding carboxylic acids is 2. The number of nitrogens with zero attached hydrogens (tertiary/aromatic N) is 1. The van der Waals surface area contributed by atoms with Gasteiger partial charge < -0.3 is 15.4 Å². The van der Waals surface area contributed by atoms with Crippen LogP contribution in [0.5, 0.6) is 5.75 Å². The number of rotatable bonds is 10. The number of methoxy groups -OCH3 is 1. The van der Waals surface area contributed by atoms with Gasteiger partial charge in [-0.25, -0.2) is 4.98 Å². The summed E-state index contributed by atoms with van der Waals surface area (Å²) in [4.78, 5) is 28.7. The first-order chi connectivity index (χ1) is 15.0. The molecule has 0 atom stereocenters. The normalized spacial score (nSPS) is 10.5. The van der Waals surface area contributed by atoms with Crippen LogP contribution >= 0.6 is 23.1 Å². The van der Waals surface area contributed by atoms with Crippen LogP contribution in [-0.2, 0) is 22.4 Å². The first-order valence-corrected chi connectivity index (χ1v) is 11.7. The first-order valence-electron chi connectivity index (χ1n) is 9.85. The van der Waals surface area contributed by atoms with Crippen LogP contribution < -0.4 is 15.4 Å². The molecule has 6 nitrogen and oxygen atoms in total. The summed E-state index contributed by atoms with van der Waals surface area (Å²) >= 11 is 2.81. The van der Waals surface area contributed by atoms with Gasteiger partial charge in [-0.1, -0.05) is 41.6 Å². The monoisotopic (exact) mass is 455 g/mol. The molecule has 1 heterocycles. The molecule has 162 valence electrons. The fraction of sp³-hybridized carbons (Fsp3) is 0.261. The van der Waals surface area contributed by atoms with Crippen molar-refractivity contribution >= 4 is 40.6 Å². The van der Waals surface area contributed by atoms with Gasteiger partial charge in [-0.05, 0) is 43.2 Å². The summed E-state index contributed by atoms with van der Waals surface area (Å²) in [6.45, 7) is 2.55. The van der Waals surface area contributed by atoms with Crippen LogP contribution in [0.15, 0.2) is 58.3 Å². The van der Waals surface area contributed by atoms with Crippen LogP contribution in [0.4, 0.5) is 5.69 Å². The molecule has 2 N–H and O–H groups in total. The van der Waals surface area contributed by atoms with Crippen molar-refractivity contribution in [3.8, 4) is 5.75 Å². The van der Waals surface area contributed by atoms with Gasteiger partial charge in [0, 0.05) is 17.6 Å². The average Bonchev–Trinajstić information content (AvgIpc) is 3.21. The van der Waals surface area contributed by atoms with Crippen molar-refractivity contribution in [3.63, 3.8) is 0 Å². The summed E-state index contributed by atoms with van der Waals surface area (Å²) in [5.41, 5.74) is 3.75. The number of aryl methyl sites for hydroxylation is 1. The van der Waals surface area contributed by atoms with Crippen molar-refractivity contribution < 1.29 is 14.3 Å². The van der Waals surface area contributed by atoms with Gasteiger partial charge in [-0.15, -0.1) is 11.3 Å². The van der Waals surface area contributed by atoms with Gasteiger partial charge in [-0.2, -0.15) is 0 Å². The molecule has 31 heavy (non-hydrogen) atoms. The number of amides is 2. The maximum atomic E-state index is 12.2. The van der Waals surface area contributed by atoms with Crippen molar-refractivity contribution in [1.29, 1.82) is 0 Å². The third-order valence-electron chi connectivity index (χ3n) is 4.40. The van der Waals surface area contributed by atoms with Crippen LogP contribution in [-0.4, -0.2) is 36.2 Å². The Hall–Kier alpha value is -2.84. The lowest BCUT2D eigenvalue weighted by Gasteiger charge is -2.06. The van der Waals surface area contributed by atoms with E-state index in [-0.39, 0.29) is 24.0 Å². The smallest absolute Gasteiger partial charge is 0.234 e. The van der Waals surface area contributed by atoms with Crippen molar-refractivity contribution in [2.45, 2.75) is 24.1 Å². The van der Waals surface area contributed by atoms with Crippen LogP contribution in [0.3, 0.4) is 0 Å². The number of anilines is 1. The molecule has 0 fully saturated rings. The van der Waals surface area contributed by atoms with Crippen LogP contribution in [0, 0.1) is 6.92 Å². The summed E-state index contributed by atoms with van der Waals surface area (Å²) in [6.07, 6.45) is 0.960. The van der Waals surface area contributed by atoms with Crippen molar-refractivity contribution in [2.24, 2.45) is 0 Å². The summed E-state index contributed by atoms with van der Waals surface area (Å²) in [5, 5.41) is 7.65. The van der Waals surface area contributed by atoms with E-state index in [1.807, 2.05) is 60.8 Å². The SMILES string of the molecule is COc1cccc(CCNC(=O)Cc2csc(SCC(=O)Nc3ccc(C)cc3)n2)c1. The number of hydrogen-bond acceptors (Lipinski definition) is 6. The molecule has 0 unspecified atom stereocenters. The second-order valence-electron chi connectivity index (χ2n) is 6.94. The summed E-state index contributed by atoms with van der Waals surface area (Å²) in [6, 6.07) is 15.5. The van der Waals surface area contributed by atoms with Crippen LogP contribution in [0.2, 0.25) is 0 Å². The van der Waals surface area contributed by atoms with Crippen LogP contribution in [0.1, 0.15) is 16.8 Å². The average molecular weight is 456 g/mol. The van der Waals surface area contributed by atoms with E-state index < -0.39 is 0 Å². The predicted octanol–water partition coefficient (Wildman–Crippen LogP) is 4.09. The Labute approximate surface area is 190 Å². The number of aromatic nitrogens is 1. The van der Waals surface area contributed by atoms with Gasteiger partial charge in [0.2, 0.25) is 11.8 Å². The Kier molecular flexibility index (Phi) is 8.49. The number of thiazole rings is 1. The molecule has 1 aromatic heterocycles. The minimum absolute atomic E-state index is 0.0677. The Balaban J connectivity index is 1.38. The highest BCUT2D eigenvalue weighted by atomic mass is 32.2. The second kappa shape index (κ2) is 11.5. The molecule has 3 aromatic rings. The Morgan fingerprint density at radius 2 is 1.94 bits per heavy atom. The third-order valence-corrected chi connectivity index (χ3v) is 6.47. The van der Waals surface area contributed by atoms with Gasteiger partial charge in [0.1, 0.15) is 5.75 Å². The summed E-state index contributed by atoms with van der Waals surface area (Å²) < 4.78 is 5.99. The number of nitrogens with one attached hydrogen (secondary N) is 2. The van der Waals surface area contributed by atoms with E-state index in [1.165, 1.54) is 23.1 Å². The molecule has 0 saturated carbocycles. The Morgan fingerprint density at radius 3 is 2.71 bits per heavy atom. The molecule has 2 amide bonds. The molecular weight excluding hydrogens is 430 g/mol. The molecule has 0 aliphatic rings.